The lowest BCUT2D eigenvalue weighted by atomic mass is 9.74. The first-order valence-electron chi connectivity index (χ1n) is 9.34. The van der Waals surface area contributed by atoms with Gasteiger partial charge in [0.25, 0.3) is 5.91 Å². The van der Waals surface area contributed by atoms with Gasteiger partial charge in [-0.05, 0) is 37.1 Å². The highest BCUT2D eigenvalue weighted by atomic mass is 32.2. The van der Waals surface area contributed by atoms with Gasteiger partial charge in [-0.3, -0.25) is 9.59 Å². The Hall–Kier alpha value is -1.93. The Balaban J connectivity index is 1.68. The highest BCUT2D eigenvalue weighted by molar-refractivity contribution is 7.94. The van der Waals surface area contributed by atoms with E-state index in [2.05, 4.69) is 5.32 Å². The normalized spacial score (nSPS) is 24.0. The first-order valence-corrected chi connectivity index (χ1v) is 10.9. The molecule has 1 aliphatic carbocycles. The van der Waals surface area contributed by atoms with Gasteiger partial charge in [-0.25, -0.2) is 12.7 Å². The van der Waals surface area contributed by atoms with Crippen LogP contribution in [0, 0.1) is 11.3 Å². The summed E-state index contributed by atoms with van der Waals surface area (Å²) in [5.74, 6) is -1.49. The summed E-state index contributed by atoms with van der Waals surface area (Å²) in [7, 11) is -3.65. The summed E-state index contributed by atoms with van der Waals surface area (Å²) in [6.07, 6.45) is 5.07. The van der Waals surface area contributed by atoms with Crippen LogP contribution in [0.5, 0.6) is 0 Å². The first kappa shape index (κ1) is 19.8. The van der Waals surface area contributed by atoms with Crippen molar-refractivity contribution in [3.63, 3.8) is 0 Å². The molecule has 1 atom stereocenters. The van der Waals surface area contributed by atoms with Crippen molar-refractivity contribution in [3.8, 4) is 0 Å². The van der Waals surface area contributed by atoms with Crippen LogP contribution in [0.15, 0.2) is 24.3 Å². The van der Waals surface area contributed by atoms with Gasteiger partial charge < -0.3 is 10.4 Å². The molecule has 148 valence electrons. The summed E-state index contributed by atoms with van der Waals surface area (Å²) in [4.78, 5) is 24.6. The summed E-state index contributed by atoms with van der Waals surface area (Å²) in [5, 5.41) is 12.6. The molecule has 2 aliphatic rings. The van der Waals surface area contributed by atoms with Crippen molar-refractivity contribution in [3.05, 3.63) is 29.8 Å². The van der Waals surface area contributed by atoms with Gasteiger partial charge >= 0.3 is 0 Å². The zero-order valence-electron chi connectivity index (χ0n) is 15.5. The zero-order chi connectivity index (χ0) is 19.7. The topological polar surface area (TPSA) is 104 Å². The van der Waals surface area contributed by atoms with Gasteiger partial charge in [-0.15, -0.1) is 0 Å². The molecule has 1 aromatic rings. The standard InChI is InChI=1S/C19H26N2O5S/c1-14-11-27(25,26)21(18(14)24)16-7-5-15(6-8-16)17(23)20-12-19(13-22)9-3-2-4-10-19/h5-8,14,22H,2-4,9-13H2,1H3,(H,20,23). The summed E-state index contributed by atoms with van der Waals surface area (Å²) < 4.78 is 25.1. The molecule has 1 unspecified atom stereocenters. The Kier molecular flexibility index (Phi) is 5.58. The van der Waals surface area contributed by atoms with Crippen molar-refractivity contribution < 1.29 is 23.1 Å². The second kappa shape index (κ2) is 7.59. The number of aliphatic hydroxyl groups excluding tert-OH is 1. The molecule has 1 aromatic carbocycles. The van der Waals surface area contributed by atoms with E-state index in [1.807, 2.05) is 0 Å². The third-order valence-electron chi connectivity index (χ3n) is 5.60. The van der Waals surface area contributed by atoms with E-state index in [9.17, 15) is 23.1 Å². The van der Waals surface area contributed by atoms with E-state index in [4.69, 9.17) is 0 Å². The maximum atomic E-state index is 12.4. The molecule has 0 aromatic heterocycles. The molecular weight excluding hydrogens is 368 g/mol. The fourth-order valence-electron chi connectivity index (χ4n) is 3.90. The van der Waals surface area contributed by atoms with Crippen LogP contribution in [-0.2, 0) is 14.8 Å². The molecule has 1 heterocycles. The summed E-state index contributed by atoms with van der Waals surface area (Å²) in [6.45, 7) is 2.06. The number of benzene rings is 1. The number of aliphatic hydroxyl groups is 1. The van der Waals surface area contributed by atoms with Gasteiger partial charge in [0.05, 0.1) is 24.0 Å². The third kappa shape index (κ3) is 4.01. The van der Waals surface area contributed by atoms with Crippen molar-refractivity contribution in [1.82, 2.24) is 5.32 Å². The quantitative estimate of drug-likeness (QED) is 0.791. The number of nitrogens with one attached hydrogen (secondary N) is 1. The van der Waals surface area contributed by atoms with Crippen molar-refractivity contribution in [2.24, 2.45) is 11.3 Å². The minimum atomic E-state index is -3.65. The van der Waals surface area contributed by atoms with Crippen LogP contribution in [0.1, 0.15) is 49.4 Å². The number of amides is 2. The summed E-state index contributed by atoms with van der Waals surface area (Å²) in [6, 6.07) is 5.99. The monoisotopic (exact) mass is 394 g/mol. The molecule has 1 saturated heterocycles. The van der Waals surface area contributed by atoms with Crippen LogP contribution >= 0.6 is 0 Å². The van der Waals surface area contributed by atoms with Gasteiger partial charge in [0, 0.05) is 17.5 Å². The number of sulfonamides is 1. The van der Waals surface area contributed by atoms with Gasteiger partial charge in [0.1, 0.15) is 0 Å². The van der Waals surface area contributed by atoms with Gasteiger partial charge in [0.15, 0.2) is 0 Å². The smallest absolute Gasteiger partial charge is 0.251 e. The molecule has 1 saturated carbocycles. The zero-order valence-corrected chi connectivity index (χ0v) is 16.3. The fraction of sp³-hybridized carbons (Fsp3) is 0.579. The van der Waals surface area contributed by atoms with Crippen molar-refractivity contribution in [2.75, 3.05) is 23.2 Å². The summed E-state index contributed by atoms with van der Waals surface area (Å²) in [5.41, 5.74) is 0.389. The average Bonchev–Trinajstić information content (AvgIpc) is 2.87. The number of hydrogen-bond acceptors (Lipinski definition) is 5. The molecule has 0 bridgehead atoms. The highest BCUT2D eigenvalue weighted by Gasteiger charge is 2.42. The van der Waals surface area contributed by atoms with Crippen LogP contribution in [-0.4, -0.2) is 44.2 Å². The molecular formula is C19H26N2O5S. The molecule has 2 fully saturated rings. The van der Waals surface area contributed by atoms with E-state index in [1.165, 1.54) is 24.3 Å². The number of rotatable bonds is 5. The van der Waals surface area contributed by atoms with Gasteiger partial charge in [-0.2, -0.15) is 0 Å². The largest absolute Gasteiger partial charge is 0.396 e. The molecule has 7 nitrogen and oxygen atoms in total. The minimum Gasteiger partial charge on any atom is -0.396 e. The number of hydrogen-bond donors (Lipinski definition) is 2. The van der Waals surface area contributed by atoms with E-state index in [0.717, 1.165) is 36.4 Å². The molecule has 2 amide bonds. The maximum absolute atomic E-state index is 12.4. The van der Waals surface area contributed by atoms with Crippen LogP contribution in [0.25, 0.3) is 0 Å². The van der Waals surface area contributed by atoms with E-state index in [0.29, 0.717) is 12.1 Å². The van der Waals surface area contributed by atoms with Crippen LogP contribution < -0.4 is 9.62 Å². The lowest BCUT2D eigenvalue weighted by molar-refractivity contribution is -0.119. The predicted octanol–water partition coefficient (Wildman–Crippen LogP) is 1.67. The Morgan fingerprint density at radius 1 is 1.22 bits per heavy atom. The minimum absolute atomic E-state index is 0.0549. The van der Waals surface area contributed by atoms with E-state index in [1.54, 1.807) is 6.92 Å². The van der Waals surface area contributed by atoms with Crippen molar-refractivity contribution in [2.45, 2.75) is 39.0 Å². The predicted molar refractivity (Wildman–Crippen MR) is 102 cm³/mol. The van der Waals surface area contributed by atoms with Crippen LogP contribution in [0.3, 0.4) is 0 Å². The summed E-state index contributed by atoms with van der Waals surface area (Å²) >= 11 is 0. The molecule has 8 heteroatoms. The Morgan fingerprint density at radius 3 is 2.37 bits per heavy atom. The highest BCUT2D eigenvalue weighted by Crippen LogP contribution is 2.35. The molecule has 3 rings (SSSR count). The third-order valence-corrected chi connectivity index (χ3v) is 7.47. The maximum Gasteiger partial charge on any atom is 0.251 e. The molecule has 27 heavy (non-hydrogen) atoms. The molecule has 2 N–H and O–H groups in total. The second-order valence-corrected chi connectivity index (χ2v) is 9.59. The van der Waals surface area contributed by atoms with Gasteiger partial charge in [0.2, 0.25) is 15.9 Å². The SMILES string of the molecule is CC1CS(=O)(=O)N(c2ccc(C(=O)NCC3(CO)CCCCC3)cc2)C1=O. The lowest BCUT2D eigenvalue weighted by Crippen LogP contribution is -2.41. The number of nitrogens with zero attached hydrogens (tertiary/aromatic N) is 1. The van der Waals surface area contributed by atoms with E-state index >= 15 is 0 Å². The average molecular weight is 394 g/mol. The van der Waals surface area contributed by atoms with E-state index in [-0.39, 0.29) is 29.4 Å². The molecule has 1 aliphatic heterocycles. The Labute approximate surface area is 159 Å². The van der Waals surface area contributed by atoms with Gasteiger partial charge in [-0.1, -0.05) is 26.2 Å². The molecule has 0 radical (unpaired) electrons. The fourth-order valence-corrected chi connectivity index (χ4v) is 5.72. The Morgan fingerprint density at radius 2 is 1.85 bits per heavy atom. The number of carbonyl (C=O) groups is 2. The van der Waals surface area contributed by atoms with E-state index < -0.39 is 21.8 Å². The van der Waals surface area contributed by atoms with Crippen LogP contribution in [0.2, 0.25) is 0 Å². The number of anilines is 1. The second-order valence-electron chi connectivity index (χ2n) is 7.73. The number of carbonyl (C=O) groups excluding carboxylic acids is 2. The lowest BCUT2D eigenvalue weighted by Gasteiger charge is -2.35. The van der Waals surface area contributed by atoms with Crippen LogP contribution in [0.4, 0.5) is 5.69 Å². The van der Waals surface area contributed by atoms with Crippen molar-refractivity contribution in [1.29, 1.82) is 0 Å². The first-order chi connectivity index (χ1) is 12.8. The Bertz CT molecular complexity index is 813. The van der Waals surface area contributed by atoms with Crippen molar-refractivity contribution >= 4 is 27.5 Å². The molecule has 0 spiro atoms.